The molecule has 3 rings (SSSR count). The fourth-order valence-electron chi connectivity index (χ4n) is 4.19. The average molecular weight is 364 g/mol. The van der Waals surface area contributed by atoms with E-state index in [1.165, 1.54) is 49.7 Å². The van der Waals surface area contributed by atoms with E-state index in [9.17, 15) is 9.59 Å². The smallest absolute Gasteiger partial charge is 0.313 e. The third-order valence-corrected chi connectivity index (χ3v) is 6.97. The first-order chi connectivity index (χ1) is 12.1. The van der Waals surface area contributed by atoms with Gasteiger partial charge >= 0.3 is 5.97 Å². The lowest BCUT2D eigenvalue weighted by Crippen LogP contribution is -2.41. The van der Waals surface area contributed by atoms with Gasteiger partial charge in [-0.15, -0.1) is 11.3 Å². The topological polar surface area (TPSA) is 55.4 Å². The van der Waals surface area contributed by atoms with Gasteiger partial charge < -0.3 is 10.1 Å². The van der Waals surface area contributed by atoms with Crippen LogP contribution < -0.4 is 5.32 Å². The van der Waals surface area contributed by atoms with Crippen molar-refractivity contribution in [3.63, 3.8) is 0 Å². The van der Waals surface area contributed by atoms with Crippen LogP contribution in [0.5, 0.6) is 0 Å². The molecule has 2 aliphatic rings. The first kappa shape index (κ1) is 18.4. The Morgan fingerprint density at radius 3 is 2.48 bits per heavy atom. The fourth-order valence-corrected chi connectivity index (χ4v) is 5.36. The minimum atomic E-state index is -0.520. The minimum Gasteiger partial charge on any atom is -0.469 e. The summed E-state index contributed by atoms with van der Waals surface area (Å²) in [5.41, 5.74) is 0.842. The molecule has 138 valence electrons. The van der Waals surface area contributed by atoms with Crippen molar-refractivity contribution in [3.8, 4) is 0 Å². The molecule has 1 N–H and O–H groups in total. The van der Waals surface area contributed by atoms with E-state index in [-0.39, 0.29) is 11.9 Å². The maximum Gasteiger partial charge on any atom is 0.313 e. The average Bonchev–Trinajstić information content (AvgIpc) is 3.26. The summed E-state index contributed by atoms with van der Waals surface area (Å²) in [5.74, 6) is -0.218. The van der Waals surface area contributed by atoms with Crippen LogP contribution in [-0.4, -0.2) is 25.5 Å². The molecule has 1 amide bonds. The molecule has 1 aromatic rings. The molecule has 1 aromatic heterocycles. The lowest BCUT2D eigenvalue weighted by Gasteiger charge is -2.25. The van der Waals surface area contributed by atoms with Crippen LogP contribution >= 0.6 is 11.3 Å². The van der Waals surface area contributed by atoms with Crippen molar-refractivity contribution in [1.29, 1.82) is 0 Å². The number of hydrogen-bond donors (Lipinski definition) is 1. The summed E-state index contributed by atoms with van der Waals surface area (Å²) in [6.07, 6.45) is 12.2. The molecule has 5 heteroatoms. The molecule has 0 unspecified atom stereocenters. The first-order valence-electron chi connectivity index (χ1n) is 9.63. The summed E-state index contributed by atoms with van der Waals surface area (Å²) in [4.78, 5) is 27.0. The molecule has 1 fully saturated rings. The fraction of sp³-hybridized carbons (Fsp3) is 0.700. The van der Waals surface area contributed by atoms with Crippen molar-refractivity contribution >= 4 is 23.2 Å². The molecule has 1 heterocycles. The largest absolute Gasteiger partial charge is 0.469 e. The number of hydrogen-bond acceptors (Lipinski definition) is 4. The number of nitrogens with one attached hydrogen (secondary N) is 1. The van der Waals surface area contributed by atoms with Gasteiger partial charge in [0.2, 0.25) is 0 Å². The third-order valence-electron chi connectivity index (χ3n) is 5.74. The van der Waals surface area contributed by atoms with Gasteiger partial charge in [-0.25, -0.2) is 0 Å². The number of rotatable bonds is 4. The lowest BCUT2D eigenvalue weighted by atomic mass is 9.86. The molecule has 0 bridgehead atoms. The zero-order valence-electron chi connectivity index (χ0n) is 15.2. The number of fused-ring (bicyclic) bond motifs is 1. The minimum absolute atomic E-state index is 0.0373. The molecular weight excluding hydrogens is 334 g/mol. The summed E-state index contributed by atoms with van der Waals surface area (Å²) in [5, 5.41) is 3.02. The summed E-state index contributed by atoms with van der Waals surface area (Å²) in [6.45, 7) is 0.390. The van der Waals surface area contributed by atoms with Crippen molar-refractivity contribution in [1.82, 2.24) is 5.32 Å². The number of esters is 1. The van der Waals surface area contributed by atoms with Gasteiger partial charge in [-0.2, -0.15) is 0 Å². The molecule has 0 saturated heterocycles. The summed E-state index contributed by atoms with van der Waals surface area (Å²) >= 11 is 1.64. The number of methoxy groups -OCH3 is 1. The SMILES string of the molecule is COC(=O)C1(CNC(=O)c2cc3c(s2)CCCCCCC3)CCCC1. The van der Waals surface area contributed by atoms with E-state index < -0.39 is 5.41 Å². The highest BCUT2D eigenvalue weighted by molar-refractivity contribution is 7.14. The van der Waals surface area contributed by atoms with Gasteiger partial charge in [0, 0.05) is 11.4 Å². The van der Waals surface area contributed by atoms with E-state index in [0.717, 1.165) is 43.4 Å². The van der Waals surface area contributed by atoms with Crippen LogP contribution in [0.4, 0.5) is 0 Å². The maximum atomic E-state index is 12.7. The molecule has 0 atom stereocenters. The number of carbonyl (C=O) groups excluding carboxylic acids is 2. The van der Waals surface area contributed by atoms with Gasteiger partial charge in [0.1, 0.15) is 0 Å². The van der Waals surface area contributed by atoms with Gasteiger partial charge in [0.05, 0.1) is 17.4 Å². The summed E-state index contributed by atoms with van der Waals surface area (Å²) in [6, 6.07) is 2.08. The normalized spacial score (nSPS) is 20.0. The molecule has 2 aliphatic carbocycles. The van der Waals surface area contributed by atoms with E-state index in [0.29, 0.717) is 6.54 Å². The Kier molecular flexibility index (Phi) is 6.15. The number of ether oxygens (including phenoxy) is 1. The second-order valence-corrected chi connectivity index (χ2v) is 8.63. The quantitative estimate of drug-likeness (QED) is 0.813. The molecule has 1 saturated carbocycles. The second-order valence-electron chi connectivity index (χ2n) is 7.49. The van der Waals surface area contributed by atoms with Crippen molar-refractivity contribution in [2.24, 2.45) is 5.41 Å². The Bertz CT molecular complexity index is 591. The van der Waals surface area contributed by atoms with Gasteiger partial charge in [-0.1, -0.05) is 32.1 Å². The number of thiophene rings is 1. The Balaban J connectivity index is 1.66. The van der Waals surface area contributed by atoms with Crippen LogP contribution in [0.3, 0.4) is 0 Å². The van der Waals surface area contributed by atoms with E-state index >= 15 is 0 Å². The third kappa shape index (κ3) is 4.25. The number of amides is 1. The zero-order valence-corrected chi connectivity index (χ0v) is 16.0. The molecule has 0 radical (unpaired) electrons. The Morgan fingerprint density at radius 1 is 1.08 bits per heavy atom. The van der Waals surface area contributed by atoms with Gasteiger partial charge in [0.25, 0.3) is 5.91 Å². The molecular formula is C20H29NO3S. The van der Waals surface area contributed by atoms with Crippen LogP contribution in [0.2, 0.25) is 0 Å². The van der Waals surface area contributed by atoms with Crippen LogP contribution in [0.25, 0.3) is 0 Å². The van der Waals surface area contributed by atoms with Crippen molar-refractivity contribution in [3.05, 3.63) is 21.4 Å². The highest BCUT2D eigenvalue weighted by Crippen LogP contribution is 2.38. The summed E-state index contributed by atoms with van der Waals surface area (Å²) < 4.78 is 4.99. The number of carbonyl (C=O) groups is 2. The van der Waals surface area contributed by atoms with E-state index in [1.54, 1.807) is 11.3 Å². The van der Waals surface area contributed by atoms with Crippen LogP contribution in [0, 0.1) is 5.41 Å². The van der Waals surface area contributed by atoms with E-state index in [1.807, 2.05) is 0 Å². The highest BCUT2D eigenvalue weighted by Gasteiger charge is 2.42. The molecule has 0 spiro atoms. The maximum absolute atomic E-state index is 12.7. The van der Waals surface area contributed by atoms with E-state index in [2.05, 4.69) is 11.4 Å². The molecule has 0 aliphatic heterocycles. The molecule has 0 aromatic carbocycles. The van der Waals surface area contributed by atoms with Crippen molar-refractivity contribution < 1.29 is 14.3 Å². The monoisotopic (exact) mass is 363 g/mol. The second kappa shape index (κ2) is 8.35. The molecule has 25 heavy (non-hydrogen) atoms. The van der Waals surface area contributed by atoms with Crippen LogP contribution in [0.15, 0.2) is 6.07 Å². The Labute approximate surface area is 154 Å². The van der Waals surface area contributed by atoms with Gasteiger partial charge in [-0.05, 0) is 50.2 Å². The highest BCUT2D eigenvalue weighted by atomic mass is 32.1. The first-order valence-corrected chi connectivity index (χ1v) is 10.4. The van der Waals surface area contributed by atoms with Crippen LogP contribution in [0.1, 0.15) is 77.9 Å². The summed E-state index contributed by atoms with van der Waals surface area (Å²) in [7, 11) is 1.44. The van der Waals surface area contributed by atoms with Crippen LogP contribution in [-0.2, 0) is 22.4 Å². The lowest BCUT2D eigenvalue weighted by molar-refractivity contribution is -0.152. The Morgan fingerprint density at radius 2 is 1.76 bits per heavy atom. The predicted octanol–water partition coefficient (Wildman–Crippen LogP) is 4.26. The molecule has 4 nitrogen and oxygen atoms in total. The van der Waals surface area contributed by atoms with E-state index in [4.69, 9.17) is 4.74 Å². The van der Waals surface area contributed by atoms with Gasteiger partial charge in [0.15, 0.2) is 0 Å². The van der Waals surface area contributed by atoms with Crippen molar-refractivity contribution in [2.75, 3.05) is 13.7 Å². The van der Waals surface area contributed by atoms with Crippen molar-refractivity contribution in [2.45, 2.75) is 70.6 Å². The predicted molar refractivity (Wildman–Crippen MR) is 100 cm³/mol. The van der Waals surface area contributed by atoms with Gasteiger partial charge in [-0.3, -0.25) is 9.59 Å². The standard InChI is InChI=1S/C20H29NO3S/c1-24-19(23)20(11-7-8-12-20)14-21-18(22)17-13-15-9-5-3-2-4-6-10-16(15)25-17/h13H,2-12,14H2,1H3,(H,21,22). The Hall–Kier alpha value is -1.36. The zero-order chi connectivity index (χ0) is 17.7. The number of aryl methyl sites for hydroxylation is 2.